The average molecular weight is 388 g/mol. The van der Waals surface area contributed by atoms with Crippen LogP contribution in [0, 0.1) is 12.7 Å². The number of amides is 2. The lowest BCUT2D eigenvalue weighted by Crippen LogP contribution is -2.41. The topological polar surface area (TPSA) is 68.1 Å². The number of benzene rings is 1. The van der Waals surface area contributed by atoms with Crippen molar-refractivity contribution in [2.24, 2.45) is 0 Å². The molecule has 2 amide bonds. The molecule has 142 valence electrons. The van der Waals surface area contributed by atoms with Crippen LogP contribution in [0.25, 0.3) is 0 Å². The molecule has 1 saturated heterocycles. The third kappa shape index (κ3) is 4.27. The van der Waals surface area contributed by atoms with Crippen molar-refractivity contribution in [1.29, 1.82) is 0 Å². The Morgan fingerprint density at radius 3 is 2.78 bits per heavy atom. The van der Waals surface area contributed by atoms with E-state index in [0.717, 1.165) is 18.7 Å². The second kappa shape index (κ2) is 8.47. The minimum absolute atomic E-state index is 0.238. The summed E-state index contributed by atoms with van der Waals surface area (Å²) in [5.41, 5.74) is 0.307. The van der Waals surface area contributed by atoms with Crippen molar-refractivity contribution in [3.8, 4) is 0 Å². The van der Waals surface area contributed by atoms with Crippen molar-refractivity contribution in [2.45, 2.75) is 43.1 Å². The van der Waals surface area contributed by atoms with Gasteiger partial charge in [0.25, 0.3) is 5.91 Å². The molecule has 0 spiro atoms. The van der Waals surface area contributed by atoms with Crippen molar-refractivity contribution < 1.29 is 14.0 Å². The van der Waals surface area contributed by atoms with Crippen molar-refractivity contribution in [2.75, 3.05) is 6.54 Å². The zero-order valence-corrected chi connectivity index (χ0v) is 15.9. The van der Waals surface area contributed by atoms with Crippen molar-refractivity contribution in [1.82, 2.24) is 19.7 Å². The van der Waals surface area contributed by atoms with Crippen LogP contribution in [-0.2, 0) is 11.3 Å². The van der Waals surface area contributed by atoms with Gasteiger partial charge in [-0.1, -0.05) is 24.3 Å². The normalized spacial score (nSPS) is 17.6. The molecule has 0 radical (unpaired) electrons. The third-order valence-electron chi connectivity index (χ3n) is 4.44. The molecule has 0 bridgehead atoms. The lowest BCUT2D eigenvalue weighted by atomic mass is 10.2. The van der Waals surface area contributed by atoms with E-state index in [-0.39, 0.29) is 5.91 Å². The van der Waals surface area contributed by atoms with E-state index >= 15 is 0 Å². The van der Waals surface area contributed by atoms with E-state index < -0.39 is 17.0 Å². The molecule has 0 N–H and O–H groups in total. The minimum Gasteiger partial charge on any atom is -0.302 e. The lowest BCUT2D eigenvalue weighted by Gasteiger charge is -2.22. The summed E-state index contributed by atoms with van der Waals surface area (Å²) in [7, 11) is 0. The van der Waals surface area contributed by atoms with Crippen molar-refractivity contribution >= 4 is 23.6 Å². The van der Waals surface area contributed by atoms with Gasteiger partial charge in [-0.05, 0) is 44.0 Å². The highest BCUT2D eigenvalue weighted by atomic mass is 32.2. The Bertz CT molecular complexity index is 850. The monoisotopic (exact) mass is 388 g/mol. The third-order valence-corrected chi connectivity index (χ3v) is 5.67. The molecule has 6 nitrogen and oxygen atoms in total. The molecule has 1 aliphatic rings. The van der Waals surface area contributed by atoms with Gasteiger partial charge >= 0.3 is 0 Å². The summed E-state index contributed by atoms with van der Waals surface area (Å²) in [6, 6.07) is 5.26. The molecular formula is C19H21FN4O2S. The summed E-state index contributed by atoms with van der Waals surface area (Å²) in [5, 5.41) is 8.47. The standard InChI is InChI=1S/C19H21FN4O2S/c1-3-11-23-13(2)21-22-19(23)27-16-6-4-5-12-24(18(16)26)17(25)14-7-9-15(20)10-8-14/h3,7-10,16H,1,4-6,11-12H2,2H3/t16-/m0/s1. The van der Waals surface area contributed by atoms with Gasteiger partial charge in [-0.2, -0.15) is 0 Å². The molecular weight excluding hydrogens is 367 g/mol. The largest absolute Gasteiger partial charge is 0.302 e. The molecule has 8 heteroatoms. The van der Waals surface area contributed by atoms with Gasteiger partial charge in [0, 0.05) is 18.7 Å². The van der Waals surface area contributed by atoms with Gasteiger partial charge in [0.05, 0.1) is 5.25 Å². The number of halogens is 1. The summed E-state index contributed by atoms with van der Waals surface area (Å²) >= 11 is 1.33. The number of hydrogen-bond donors (Lipinski definition) is 0. The van der Waals surface area contributed by atoms with Crippen LogP contribution in [0.5, 0.6) is 0 Å². The fourth-order valence-corrected chi connectivity index (χ4v) is 4.17. The number of carbonyl (C=O) groups excluding carboxylic acids is 2. The Morgan fingerprint density at radius 1 is 1.33 bits per heavy atom. The Morgan fingerprint density at radius 2 is 2.07 bits per heavy atom. The van der Waals surface area contributed by atoms with Crippen LogP contribution in [-0.4, -0.2) is 43.3 Å². The van der Waals surface area contributed by atoms with Crippen LogP contribution in [0.3, 0.4) is 0 Å². The zero-order chi connectivity index (χ0) is 19.4. The fraction of sp³-hybridized carbons (Fsp3) is 0.368. The van der Waals surface area contributed by atoms with Crippen LogP contribution < -0.4 is 0 Å². The molecule has 1 aromatic carbocycles. The molecule has 3 rings (SSSR count). The van der Waals surface area contributed by atoms with Gasteiger partial charge < -0.3 is 4.57 Å². The van der Waals surface area contributed by atoms with Gasteiger partial charge in [-0.25, -0.2) is 4.39 Å². The molecule has 1 aliphatic heterocycles. The molecule has 27 heavy (non-hydrogen) atoms. The van der Waals surface area contributed by atoms with Crippen LogP contribution in [0.15, 0.2) is 42.1 Å². The van der Waals surface area contributed by atoms with E-state index in [2.05, 4.69) is 16.8 Å². The first kappa shape index (κ1) is 19.3. The first-order valence-corrected chi connectivity index (χ1v) is 9.68. The Hall–Kier alpha value is -2.48. The predicted octanol–water partition coefficient (Wildman–Crippen LogP) is 3.23. The second-order valence-corrected chi connectivity index (χ2v) is 7.50. The van der Waals surface area contributed by atoms with Crippen molar-refractivity contribution in [3.63, 3.8) is 0 Å². The highest BCUT2D eigenvalue weighted by Crippen LogP contribution is 2.30. The maximum Gasteiger partial charge on any atom is 0.260 e. The summed E-state index contributed by atoms with van der Waals surface area (Å²) in [6.45, 7) is 6.51. The number of carbonyl (C=O) groups is 2. The predicted molar refractivity (Wildman–Crippen MR) is 101 cm³/mol. The van der Waals surface area contributed by atoms with Crippen LogP contribution in [0.1, 0.15) is 35.4 Å². The lowest BCUT2D eigenvalue weighted by molar-refractivity contribution is -0.127. The van der Waals surface area contributed by atoms with Gasteiger partial charge in [0.1, 0.15) is 11.6 Å². The Kier molecular flexibility index (Phi) is 6.05. The zero-order valence-electron chi connectivity index (χ0n) is 15.1. The number of likely N-dealkylation sites (tertiary alicyclic amines) is 1. The highest BCUT2D eigenvalue weighted by molar-refractivity contribution is 8.00. The van der Waals surface area contributed by atoms with Crippen LogP contribution in [0.2, 0.25) is 0 Å². The van der Waals surface area contributed by atoms with E-state index in [9.17, 15) is 14.0 Å². The molecule has 1 fully saturated rings. The first-order valence-electron chi connectivity index (χ1n) is 8.80. The molecule has 1 atom stereocenters. The second-order valence-electron chi connectivity index (χ2n) is 6.33. The molecule has 2 aromatic rings. The number of aryl methyl sites for hydroxylation is 1. The fourth-order valence-electron chi connectivity index (χ4n) is 2.98. The van der Waals surface area contributed by atoms with Crippen molar-refractivity contribution in [3.05, 3.63) is 54.1 Å². The summed E-state index contributed by atoms with van der Waals surface area (Å²) in [4.78, 5) is 27.1. The number of rotatable bonds is 5. The number of imide groups is 1. The SMILES string of the molecule is C=CCn1c(C)nnc1S[C@H]1CCCCN(C(=O)c2ccc(F)cc2)C1=O. The van der Waals surface area contributed by atoms with Gasteiger partial charge in [0.15, 0.2) is 5.16 Å². The summed E-state index contributed by atoms with van der Waals surface area (Å²) in [5.74, 6) is -0.300. The van der Waals surface area contributed by atoms with Gasteiger partial charge in [0.2, 0.25) is 5.91 Å². The molecule has 1 aromatic heterocycles. The van der Waals surface area contributed by atoms with E-state index in [1.807, 2.05) is 11.5 Å². The summed E-state index contributed by atoms with van der Waals surface area (Å²) < 4.78 is 15.0. The average Bonchev–Trinajstić information content (AvgIpc) is 2.89. The number of nitrogens with zero attached hydrogens (tertiary/aromatic N) is 4. The quantitative estimate of drug-likeness (QED) is 0.581. The Labute approximate surface area is 161 Å². The summed E-state index contributed by atoms with van der Waals surface area (Å²) in [6.07, 6.45) is 4.00. The number of aromatic nitrogens is 3. The number of hydrogen-bond acceptors (Lipinski definition) is 5. The molecule has 0 saturated carbocycles. The highest BCUT2D eigenvalue weighted by Gasteiger charge is 2.33. The van der Waals surface area contributed by atoms with E-state index in [1.54, 1.807) is 6.08 Å². The Balaban J connectivity index is 1.81. The molecule has 0 unspecified atom stereocenters. The van der Waals surface area contributed by atoms with E-state index in [4.69, 9.17) is 0 Å². The van der Waals surface area contributed by atoms with Gasteiger partial charge in [-0.3, -0.25) is 14.5 Å². The van der Waals surface area contributed by atoms with E-state index in [0.29, 0.717) is 30.2 Å². The number of thioether (sulfide) groups is 1. The van der Waals surface area contributed by atoms with Crippen LogP contribution >= 0.6 is 11.8 Å². The van der Waals surface area contributed by atoms with Gasteiger partial charge in [-0.15, -0.1) is 16.8 Å². The smallest absolute Gasteiger partial charge is 0.260 e. The van der Waals surface area contributed by atoms with Crippen LogP contribution in [0.4, 0.5) is 4.39 Å². The maximum atomic E-state index is 13.1. The molecule has 2 heterocycles. The maximum absolute atomic E-state index is 13.1. The molecule has 0 aliphatic carbocycles. The number of allylic oxidation sites excluding steroid dienone is 1. The minimum atomic E-state index is -0.418. The first-order chi connectivity index (χ1) is 13.0. The van der Waals surface area contributed by atoms with E-state index in [1.165, 1.54) is 40.9 Å².